The zero-order valence-corrected chi connectivity index (χ0v) is 9.49. The molecule has 1 aromatic heterocycles. The van der Waals surface area contributed by atoms with E-state index in [1.165, 1.54) is 11.3 Å². The predicted molar refractivity (Wildman–Crippen MR) is 62.1 cm³/mol. The standard InChI is InChI=1S/C9H6N2OS.C2H6/c12-5-7-1-3-8(4-2-7)9-11-10-6-13-9;1-2/h1-6H;1-2H3. The lowest BCUT2D eigenvalue weighted by Crippen LogP contribution is -1.80. The third-order valence-electron chi connectivity index (χ3n) is 1.65. The molecule has 15 heavy (non-hydrogen) atoms. The van der Waals surface area contributed by atoms with E-state index in [2.05, 4.69) is 10.2 Å². The maximum absolute atomic E-state index is 10.4. The van der Waals surface area contributed by atoms with Gasteiger partial charge in [-0.3, -0.25) is 4.79 Å². The van der Waals surface area contributed by atoms with E-state index in [9.17, 15) is 4.79 Å². The van der Waals surface area contributed by atoms with Crippen LogP contribution in [0.2, 0.25) is 0 Å². The minimum atomic E-state index is 0.674. The lowest BCUT2D eigenvalue weighted by molar-refractivity contribution is 0.112. The highest BCUT2D eigenvalue weighted by atomic mass is 32.1. The van der Waals surface area contributed by atoms with Crippen molar-refractivity contribution in [2.75, 3.05) is 0 Å². The first-order valence-corrected chi connectivity index (χ1v) is 5.60. The lowest BCUT2D eigenvalue weighted by Gasteiger charge is -1.94. The number of rotatable bonds is 2. The van der Waals surface area contributed by atoms with Gasteiger partial charge in [0.2, 0.25) is 0 Å². The van der Waals surface area contributed by atoms with Gasteiger partial charge in [0.05, 0.1) is 0 Å². The van der Waals surface area contributed by atoms with Gasteiger partial charge >= 0.3 is 0 Å². The van der Waals surface area contributed by atoms with Gasteiger partial charge in [-0.15, -0.1) is 10.2 Å². The SMILES string of the molecule is CC.O=Cc1ccc(-c2nncs2)cc1. The minimum Gasteiger partial charge on any atom is -0.298 e. The second kappa shape index (κ2) is 6.03. The number of hydrogen-bond acceptors (Lipinski definition) is 4. The van der Waals surface area contributed by atoms with Crippen molar-refractivity contribution in [3.8, 4) is 10.6 Å². The Morgan fingerprint density at radius 1 is 1.20 bits per heavy atom. The van der Waals surface area contributed by atoms with Crippen molar-refractivity contribution in [2.24, 2.45) is 0 Å². The first kappa shape index (κ1) is 11.5. The average Bonchev–Trinajstić information content (AvgIpc) is 2.85. The Labute approximate surface area is 92.8 Å². The van der Waals surface area contributed by atoms with Crippen molar-refractivity contribution >= 4 is 17.6 Å². The van der Waals surface area contributed by atoms with Crippen LogP contribution in [0, 0.1) is 0 Å². The molecular formula is C11H12N2OS. The molecular weight excluding hydrogens is 208 g/mol. The molecule has 0 amide bonds. The highest BCUT2D eigenvalue weighted by molar-refractivity contribution is 7.12. The summed E-state index contributed by atoms with van der Waals surface area (Å²) in [5, 5.41) is 8.53. The van der Waals surface area contributed by atoms with E-state index in [0.717, 1.165) is 16.9 Å². The molecule has 1 heterocycles. The topological polar surface area (TPSA) is 42.9 Å². The van der Waals surface area contributed by atoms with Gasteiger partial charge in [-0.25, -0.2) is 0 Å². The highest BCUT2D eigenvalue weighted by Gasteiger charge is 1.99. The third kappa shape index (κ3) is 2.95. The van der Waals surface area contributed by atoms with E-state index in [4.69, 9.17) is 0 Å². The number of nitrogens with zero attached hydrogens (tertiary/aromatic N) is 2. The fourth-order valence-electron chi connectivity index (χ4n) is 1.00. The zero-order chi connectivity index (χ0) is 11.1. The van der Waals surface area contributed by atoms with E-state index in [1.54, 1.807) is 17.6 Å². The summed E-state index contributed by atoms with van der Waals surface area (Å²) in [5.41, 5.74) is 3.35. The van der Waals surface area contributed by atoms with Crippen molar-refractivity contribution in [3.05, 3.63) is 35.3 Å². The van der Waals surface area contributed by atoms with Gasteiger partial charge in [0.25, 0.3) is 0 Å². The van der Waals surface area contributed by atoms with Gasteiger partial charge < -0.3 is 0 Å². The molecule has 0 fully saturated rings. The number of aldehydes is 1. The molecule has 0 spiro atoms. The van der Waals surface area contributed by atoms with Crippen LogP contribution < -0.4 is 0 Å². The fourth-order valence-corrected chi connectivity index (χ4v) is 1.56. The summed E-state index contributed by atoms with van der Waals surface area (Å²) < 4.78 is 0. The summed E-state index contributed by atoms with van der Waals surface area (Å²) in [6, 6.07) is 7.27. The Kier molecular flexibility index (Phi) is 4.63. The molecule has 0 N–H and O–H groups in total. The first-order valence-electron chi connectivity index (χ1n) is 4.72. The molecule has 0 aliphatic carbocycles. The van der Waals surface area contributed by atoms with Crippen molar-refractivity contribution in [1.29, 1.82) is 0 Å². The van der Waals surface area contributed by atoms with E-state index < -0.39 is 0 Å². The second-order valence-corrected chi connectivity index (χ2v) is 3.32. The Morgan fingerprint density at radius 3 is 2.33 bits per heavy atom. The summed E-state index contributed by atoms with van der Waals surface area (Å²) in [5.74, 6) is 0. The molecule has 4 heteroatoms. The van der Waals surface area contributed by atoms with Crippen molar-refractivity contribution in [1.82, 2.24) is 10.2 Å². The molecule has 0 radical (unpaired) electrons. The number of aromatic nitrogens is 2. The molecule has 0 saturated carbocycles. The highest BCUT2D eigenvalue weighted by Crippen LogP contribution is 2.20. The summed E-state index contributed by atoms with van der Waals surface area (Å²) in [4.78, 5) is 10.4. The summed E-state index contributed by atoms with van der Waals surface area (Å²) in [6.45, 7) is 4.00. The maximum Gasteiger partial charge on any atom is 0.150 e. The van der Waals surface area contributed by atoms with Crippen LogP contribution in [-0.4, -0.2) is 16.5 Å². The van der Waals surface area contributed by atoms with Crippen LogP contribution in [0.4, 0.5) is 0 Å². The normalized spacial score (nSPS) is 8.93. The van der Waals surface area contributed by atoms with Gasteiger partial charge in [-0.2, -0.15) is 0 Å². The Hall–Kier alpha value is -1.55. The largest absolute Gasteiger partial charge is 0.298 e. The van der Waals surface area contributed by atoms with Crippen LogP contribution in [0.15, 0.2) is 29.8 Å². The molecule has 2 aromatic rings. The molecule has 3 nitrogen and oxygen atoms in total. The lowest BCUT2D eigenvalue weighted by atomic mass is 10.2. The molecule has 1 aromatic carbocycles. The molecule has 0 aliphatic rings. The van der Waals surface area contributed by atoms with Crippen LogP contribution in [0.3, 0.4) is 0 Å². The fraction of sp³-hybridized carbons (Fsp3) is 0.182. The predicted octanol–water partition coefficient (Wildman–Crippen LogP) is 3.04. The molecule has 0 saturated heterocycles. The van der Waals surface area contributed by atoms with Crippen molar-refractivity contribution < 1.29 is 4.79 Å². The first-order chi connectivity index (χ1) is 7.40. The van der Waals surface area contributed by atoms with Crippen LogP contribution in [0.25, 0.3) is 10.6 Å². The van der Waals surface area contributed by atoms with E-state index in [0.29, 0.717) is 5.56 Å². The monoisotopic (exact) mass is 220 g/mol. The molecule has 0 bridgehead atoms. The summed E-state index contributed by atoms with van der Waals surface area (Å²) in [7, 11) is 0. The number of hydrogen-bond donors (Lipinski definition) is 0. The van der Waals surface area contributed by atoms with Gasteiger partial charge in [0.15, 0.2) is 0 Å². The summed E-state index contributed by atoms with van der Waals surface area (Å²) in [6.07, 6.45) is 0.823. The Balaban J connectivity index is 0.000000531. The molecule has 0 unspecified atom stereocenters. The Morgan fingerprint density at radius 2 is 1.87 bits per heavy atom. The molecule has 0 atom stereocenters. The number of carbonyl (C=O) groups excluding carboxylic acids is 1. The molecule has 0 aliphatic heterocycles. The van der Waals surface area contributed by atoms with Crippen LogP contribution >= 0.6 is 11.3 Å². The van der Waals surface area contributed by atoms with Crippen LogP contribution in [-0.2, 0) is 0 Å². The van der Waals surface area contributed by atoms with Crippen LogP contribution in [0.5, 0.6) is 0 Å². The summed E-state index contributed by atoms with van der Waals surface area (Å²) >= 11 is 1.48. The van der Waals surface area contributed by atoms with E-state index in [-0.39, 0.29) is 0 Å². The third-order valence-corrected chi connectivity index (χ3v) is 2.39. The maximum atomic E-state index is 10.4. The van der Waals surface area contributed by atoms with Gasteiger partial charge in [-0.05, 0) is 0 Å². The number of benzene rings is 1. The second-order valence-electron chi connectivity index (χ2n) is 2.48. The van der Waals surface area contributed by atoms with E-state index in [1.807, 2.05) is 26.0 Å². The quantitative estimate of drug-likeness (QED) is 0.730. The van der Waals surface area contributed by atoms with Crippen LogP contribution in [0.1, 0.15) is 24.2 Å². The van der Waals surface area contributed by atoms with Crippen molar-refractivity contribution in [2.45, 2.75) is 13.8 Å². The zero-order valence-electron chi connectivity index (χ0n) is 8.68. The smallest absolute Gasteiger partial charge is 0.150 e. The minimum absolute atomic E-state index is 0.674. The van der Waals surface area contributed by atoms with Crippen molar-refractivity contribution in [3.63, 3.8) is 0 Å². The van der Waals surface area contributed by atoms with E-state index >= 15 is 0 Å². The van der Waals surface area contributed by atoms with Gasteiger partial charge in [0, 0.05) is 11.1 Å². The van der Waals surface area contributed by atoms with Gasteiger partial charge in [-0.1, -0.05) is 49.4 Å². The Bertz CT molecular complexity index is 395. The number of carbonyl (C=O) groups is 1. The van der Waals surface area contributed by atoms with Gasteiger partial charge in [0.1, 0.15) is 16.8 Å². The molecule has 78 valence electrons. The average molecular weight is 220 g/mol. The molecule has 2 rings (SSSR count).